The second-order valence-corrected chi connectivity index (χ2v) is 9.98. The molecule has 1 amide bonds. The van der Waals surface area contributed by atoms with E-state index >= 15 is 0 Å². The molecule has 6 nitrogen and oxygen atoms in total. The third-order valence-corrected chi connectivity index (χ3v) is 7.79. The number of benzene rings is 1. The highest BCUT2D eigenvalue weighted by Gasteiger charge is 2.35. The van der Waals surface area contributed by atoms with Crippen LogP contribution in [-0.4, -0.2) is 53.1 Å². The maximum absolute atomic E-state index is 12.2. The standard InChI is InChI=1S/C22H28BrN4O2P/c1-14(28)25-6-4-21-19(11-25)22(24-27(21)18-5-7-29-12-18)26-10-15(13-30)8-16-9-17(23)2-3-20(16)26/h2-3,9,15,18H,4-8,10-13,30H2,1H3/t15?,18-/m0/s1. The molecule has 3 atom stereocenters. The zero-order chi connectivity index (χ0) is 20.8. The molecule has 0 bridgehead atoms. The molecule has 2 unspecified atom stereocenters. The predicted molar refractivity (Wildman–Crippen MR) is 124 cm³/mol. The average Bonchev–Trinajstić information content (AvgIpc) is 3.40. The molecule has 1 aromatic carbocycles. The first-order valence-electron chi connectivity index (χ1n) is 10.7. The molecule has 4 heterocycles. The third-order valence-electron chi connectivity index (χ3n) is 6.63. The number of nitrogens with zero attached hydrogens (tertiary/aromatic N) is 4. The van der Waals surface area contributed by atoms with Gasteiger partial charge in [-0.15, -0.1) is 9.24 Å². The Kier molecular flexibility index (Phi) is 5.63. The molecule has 30 heavy (non-hydrogen) atoms. The van der Waals surface area contributed by atoms with Crippen molar-refractivity contribution in [2.45, 2.75) is 38.8 Å². The number of hydrogen-bond donors (Lipinski definition) is 0. The Morgan fingerprint density at radius 2 is 2.27 bits per heavy atom. The Hall–Kier alpha value is -1.43. The number of halogens is 1. The molecule has 0 N–H and O–H groups in total. The van der Waals surface area contributed by atoms with Crippen molar-refractivity contribution in [3.05, 3.63) is 39.5 Å². The van der Waals surface area contributed by atoms with Crippen molar-refractivity contribution in [1.82, 2.24) is 14.7 Å². The summed E-state index contributed by atoms with van der Waals surface area (Å²) in [6.07, 6.45) is 3.99. The molecule has 3 aliphatic rings. The number of amides is 1. The minimum Gasteiger partial charge on any atom is -0.379 e. The molecule has 5 rings (SSSR count). The van der Waals surface area contributed by atoms with Gasteiger partial charge in [-0.3, -0.25) is 9.48 Å². The molecule has 0 spiro atoms. The molecule has 160 valence electrons. The van der Waals surface area contributed by atoms with Crippen molar-refractivity contribution in [3.63, 3.8) is 0 Å². The van der Waals surface area contributed by atoms with E-state index in [1.807, 2.05) is 4.90 Å². The van der Waals surface area contributed by atoms with Gasteiger partial charge in [-0.25, -0.2) is 0 Å². The Morgan fingerprint density at radius 1 is 1.40 bits per heavy atom. The van der Waals surface area contributed by atoms with Crippen LogP contribution in [-0.2, 0) is 28.9 Å². The van der Waals surface area contributed by atoms with Crippen LogP contribution in [0.4, 0.5) is 11.5 Å². The lowest BCUT2D eigenvalue weighted by atomic mass is 9.93. The van der Waals surface area contributed by atoms with E-state index in [1.54, 1.807) is 6.92 Å². The van der Waals surface area contributed by atoms with Crippen LogP contribution in [0.5, 0.6) is 0 Å². The van der Waals surface area contributed by atoms with Crippen LogP contribution in [0.3, 0.4) is 0 Å². The van der Waals surface area contributed by atoms with Gasteiger partial charge in [0.2, 0.25) is 5.91 Å². The summed E-state index contributed by atoms with van der Waals surface area (Å²) in [6.45, 7) is 5.53. The second kappa shape index (κ2) is 8.25. The summed E-state index contributed by atoms with van der Waals surface area (Å²) in [5, 5.41) is 5.19. The minimum absolute atomic E-state index is 0.134. The molecule has 1 saturated heterocycles. The van der Waals surface area contributed by atoms with Crippen molar-refractivity contribution in [2.75, 3.05) is 37.4 Å². The molecule has 0 radical (unpaired) electrons. The lowest BCUT2D eigenvalue weighted by Crippen LogP contribution is -2.37. The highest BCUT2D eigenvalue weighted by molar-refractivity contribution is 9.10. The zero-order valence-corrected chi connectivity index (χ0v) is 20.1. The predicted octanol–water partition coefficient (Wildman–Crippen LogP) is 3.70. The fourth-order valence-corrected chi connectivity index (χ4v) is 5.73. The zero-order valence-electron chi connectivity index (χ0n) is 17.3. The van der Waals surface area contributed by atoms with Gasteiger partial charge >= 0.3 is 0 Å². The van der Waals surface area contributed by atoms with Gasteiger partial charge in [0.25, 0.3) is 0 Å². The average molecular weight is 491 g/mol. The molecular formula is C22H28BrN4O2P. The van der Waals surface area contributed by atoms with Gasteiger partial charge in [-0.1, -0.05) is 15.9 Å². The number of carbonyl (C=O) groups excluding carboxylic acids is 1. The summed E-state index contributed by atoms with van der Waals surface area (Å²) in [7, 11) is 2.91. The Morgan fingerprint density at radius 3 is 3.00 bits per heavy atom. The normalized spacial score (nSPS) is 23.4. The maximum atomic E-state index is 12.2. The van der Waals surface area contributed by atoms with Gasteiger partial charge in [0.15, 0.2) is 5.82 Å². The van der Waals surface area contributed by atoms with Crippen molar-refractivity contribution in [2.24, 2.45) is 5.92 Å². The van der Waals surface area contributed by atoms with E-state index in [9.17, 15) is 4.79 Å². The summed E-state index contributed by atoms with van der Waals surface area (Å²) in [4.78, 5) is 16.5. The lowest BCUT2D eigenvalue weighted by molar-refractivity contribution is -0.129. The number of ether oxygens (including phenoxy) is 1. The minimum atomic E-state index is 0.134. The fourth-order valence-electron chi connectivity index (χ4n) is 5.00. The number of rotatable bonds is 3. The van der Waals surface area contributed by atoms with Gasteiger partial charge in [0, 0.05) is 54.5 Å². The number of carbonyl (C=O) groups is 1. The Balaban J connectivity index is 1.62. The highest BCUT2D eigenvalue weighted by Crippen LogP contribution is 2.41. The van der Waals surface area contributed by atoms with Crippen LogP contribution in [0, 0.1) is 5.92 Å². The first-order valence-corrected chi connectivity index (χ1v) is 12.4. The van der Waals surface area contributed by atoms with Crippen LogP contribution < -0.4 is 4.90 Å². The number of aromatic nitrogens is 2. The summed E-state index contributed by atoms with van der Waals surface area (Å²) in [5.41, 5.74) is 5.09. The summed E-state index contributed by atoms with van der Waals surface area (Å²) >= 11 is 3.64. The largest absolute Gasteiger partial charge is 0.379 e. The lowest BCUT2D eigenvalue weighted by Gasteiger charge is -2.36. The third kappa shape index (κ3) is 3.59. The van der Waals surface area contributed by atoms with Crippen molar-refractivity contribution < 1.29 is 9.53 Å². The van der Waals surface area contributed by atoms with Gasteiger partial charge in [0.05, 0.1) is 19.2 Å². The van der Waals surface area contributed by atoms with E-state index in [2.05, 4.69) is 53.0 Å². The monoisotopic (exact) mass is 490 g/mol. The topological polar surface area (TPSA) is 50.6 Å². The molecule has 0 saturated carbocycles. The SMILES string of the molecule is CC(=O)N1CCc2c(c(N3CC(CP)Cc4cc(Br)ccc43)nn2[C@H]2CCOC2)C1. The molecule has 0 aliphatic carbocycles. The smallest absolute Gasteiger partial charge is 0.219 e. The van der Waals surface area contributed by atoms with Crippen molar-refractivity contribution in [3.8, 4) is 0 Å². The van der Waals surface area contributed by atoms with E-state index in [-0.39, 0.29) is 5.91 Å². The molecule has 1 aromatic heterocycles. The number of hydrogen-bond acceptors (Lipinski definition) is 4. The van der Waals surface area contributed by atoms with E-state index in [0.717, 1.165) is 62.0 Å². The molecular weight excluding hydrogens is 463 g/mol. The summed E-state index contributed by atoms with van der Waals surface area (Å²) in [6, 6.07) is 6.85. The second-order valence-electron chi connectivity index (χ2n) is 8.59. The molecule has 3 aliphatic heterocycles. The quantitative estimate of drug-likeness (QED) is 0.615. The van der Waals surface area contributed by atoms with Crippen LogP contribution in [0.15, 0.2) is 22.7 Å². The van der Waals surface area contributed by atoms with Crippen LogP contribution in [0.25, 0.3) is 0 Å². The first kappa shape index (κ1) is 20.5. The van der Waals surface area contributed by atoms with E-state index in [4.69, 9.17) is 9.84 Å². The van der Waals surface area contributed by atoms with Crippen LogP contribution in [0.2, 0.25) is 0 Å². The number of anilines is 2. The molecule has 2 aromatic rings. The van der Waals surface area contributed by atoms with E-state index in [1.165, 1.54) is 22.5 Å². The van der Waals surface area contributed by atoms with Crippen LogP contribution >= 0.6 is 25.2 Å². The van der Waals surface area contributed by atoms with Gasteiger partial charge in [0.1, 0.15) is 0 Å². The molecule has 1 fully saturated rings. The Bertz CT molecular complexity index is 972. The van der Waals surface area contributed by atoms with Crippen molar-refractivity contribution in [1.29, 1.82) is 0 Å². The van der Waals surface area contributed by atoms with Gasteiger partial charge in [-0.2, -0.15) is 5.10 Å². The van der Waals surface area contributed by atoms with Gasteiger partial charge in [-0.05, 0) is 48.7 Å². The first-order chi connectivity index (χ1) is 14.5. The highest BCUT2D eigenvalue weighted by atomic mass is 79.9. The van der Waals surface area contributed by atoms with E-state index in [0.29, 0.717) is 18.5 Å². The van der Waals surface area contributed by atoms with Gasteiger partial charge < -0.3 is 14.5 Å². The van der Waals surface area contributed by atoms with E-state index < -0.39 is 0 Å². The van der Waals surface area contributed by atoms with Crippen molar-refractivity contribution >= 4 is 42.6 Å². The summed E-state index contributed by atoms with van der Waals surface area (Å²) < 4.78 is 9.01. The summed E-state index contributed by atoms with van der Waals surface area (Å²) in [5.74, 6) is 1.71. The number of fused-ring (bicyclic) bond motifs is 2. The molecule has 8 heteroatoms. The van der Waals surface area contributed by atoms with Crippen LogP contribution in [0.1, 0.15) is 36.2 Å². The maximum Gasteiger partial charge on any atom is 0.219 e. The Labute approximate surface area is 188 Å². The fraction of sp³-hybridized carbons (Fsp3) is 0.545.